The molecule has 0 spiro atoms. The number of aromatic nitrogens is 2. The molecular weight excluding hydrogens is 288 g/mol. The molecule has 2 rings (SSSR count). The first-order valence-corrected chi connectivity index (χ1v) is 8.32. The van der Waals surface area contributed by atoms with Crippen molar-refractivity contribution < 1.29 is 8.42 Å². The van der Waals surface area contributed by atoms with Crippen molar-refractivity contribution in [2.45, 2.75) is 31.7 Å². The molecule has 2 N–H and O–H groups in total. The minimum Gasteiger partial charge on any atom is -0.352 e. The van der Waals surface area contributed by atoms with Crippen LogP contribution in [0.4, 0.5) is 11.4 Å². The number of hydrogen-bond donors (Lipinski definition) is 2. The Morgan fingerprint density at radius 3 is 2.62 bits per heavy atom. The summed E-state index contributed by atoms with van der Waals surface area (Å²) in [4.78, 5) is 0.226. The molecule has 0 aliphatic carbocycles. The van der Waals surface area contributed by atoms with Crippen LogP contribution in [0, 0.1) is 0 Å². The number of hydrogen-bond acceptors (Lipinski definition) is 4. The van der Waals surface area contributed by atoms with Crippen LogP contribution >= 0.6 is 0 Å². The number of sulfonamides is 1. The van der Waals surface area contributed by atoms with E-state index in [1.807, 2.05) is 24.7 Å². The van der Waals surface area contributed by atoms with Gasteiger partial charge < -0.3 is 5.32 Å². The van der Waals surface area contributed by atoms with Crippen LogP contribution in [0.3, 0.4) is 0 Å². The summed E-state index contributed by atoms with van der Waals surface area (Å²) in [7, 11) is -3.51. The van der Waals surface area contributed by atoms with Crippen LogP contribution in [0.1, 0.15) is 26.8 Å². The van der Waals surface area contributed by atoms with Gasteiger partial charge in [0.1, 0.15) is 4.90 Å². The van der Waals surface area contributed by atoms with E-state index >= 15 is 0 Å². The molecule has 0 amide bonds. The molecule has 0 atom stereocenters. The van der Waals surface area contributed by atoms with E-state index in [9.17, 15) is 8.42 Å². The minimum absolute atomic E-state index is 0.226. The molecule has 0 fully saturated rings. The fourth-order valence-electron chi connectivity index (χ4n) is 1.91. The monoisotopic (exact) mass is 308 g/mol. The molecule has 0 radical (unpaired) electrons. The maximum absolute atomic E-state index is 12.2. The van der Waals surface area contributed by atoms with Crippen molar-refractivity contribution in [1.82, 2.24) is 14.5 Å². The van der Waals surface area contributed by atoms with Gasteiger partial charge in [-0.15, -0.1) is 0 Å². The number of nitrogens with one attached hydrogen (secondary N) is 2. The second kappa shape index (κ2) is 6.28. The van der Waals surface area contributed by atoms with Gasteiger partial charge in [-0.2, -0.15) is 5.10 Å². The van der Waals surface area contributed by atoms with Gasteiger partial charge in [-0.25, -0.2) is 13.1 Å². The molecule has 0 aliphatic heterocycles. The lowest BCUT2D eigenvalue weighted by atomic mass is 10.3. The van der Waals surface area contributed by atoms with Gasteiger partial charge in [-0.1, -0.05) is 19.1 Å². The van der Waals surface area contributed by atoms with E-state index in [0.29, 0.717) is 12.2 Å². The van der Waals surface area contributed by atoms with Gasteiger partial charge >= 0.3 is 0 Å². The second-order valence-electron chi connectivity index (χ2n) is 4.93. The Bertz CT molecular complexity index is 707. The van der Waals surface area contributed by atoms with Gasteiger partial charge in [0.25, 0.3) is 0 Å². The van der Waals surface area contributed by atoms with Gasteiger partial charge in [0.05, 0.1) is 17.6 Å². The molecule has 6 nitrogen and oxygen atoms in total. The summed E-state index contributed by atoms with van der Waals surface area (Å²) in [5, 5.41) is 7.34. The van der Waals surface area contributed by atoms with E-state index in [1.165, 1.54) is 0 Å². The van der Waals surface area contributed by atoms with Crippen molar-refractivity contribution in [3.63, 3.8) is 0 Å². The standard InChI is InChI=1S/C14H20N4O2S/c1-4-16-21(19,20)14-8-6-5-7-13(14)17-12-9-15-18(10-12)11(2)3/h5-11,16-17H,4H2,1-3H3. The fraction of sp³-hybridized carbons (Fsp3) is 0.357. The molecule has 7 heteroatoms. The Kier molecular flexibility index (Phi) is 4.64. The summed E-state index contributed by atoms with van der Waals surface area (Å²) in [5.74, 6) is 0. The number of nitrogens with zero attached hydrogens (tertiary/aromatic N) is 2. The lowest BCUT2D eigenvalue weighted by molar-refractivity contribution is 0.532. The first-order chi connectivity index (χ1) is 9.94. The third-order valence-electron chi connectivity index (χ3n) is 2.92. The lowest BCUT2D eigenvalue weighted by Crippen LogP contribution is -2.23. The maximum Gasteiger partial charge on any atom is 0.242 e. The smallest absolute Gasteiger partial charge is 0.242 e. The fourth-order valence-corrected chi connectivity index (χ4v) is 3.11. The highest BCUT2D eigenvalue weighted by molar-refractivity contribution is 7.89. The van der Waals surface area contributed by atoms with Crippen LogP contribution in [0.2, 0.25) is 0 Å². The summed E-state index contributed by atoms with van der Waals surface area (Å²) < 4.78 is 28.7. The molecule has 1 aromatic heterocycles. The molecule has 0 saturated carbocycles. The molecule has 0 unspecified atom stereocenters. The van der Waals surface area contributed by atoms with Crippen molar-refractivity contribution in [2.75, 3.05) is 11.9 Å². The van der Waals surface area contributed by atoms with Crippen molar-refractivity contribution in [1.29, 1.82) is 0 Å². The molecule has 0 aliphatic rings. The van der Waals surface area contributed by atoms with Crippen LogP contribution in [0.5, 0.6) is 0 Å². The van der Waals surface area contributed by atoms with E-state index in [0.717, 1.165) is 5.69 Å². The van der Waals surface area contributed by atoms with Crippen molar-refractivity contribution in [3.8, 4) is 0 Å². The van der Waals surface area contributed by atoms with Crippen LogP contribution in [0.25, 0.3) is 0 Å². The Morgan fingerprint density at radius 1 is 1.29 bits per heavy atom. The van der Waals surface area contributed by atoms with E-state index in [-0.39, 0.29) is 10.9 Å². The van der Waals surface area contributed by atoms with Gasteiger partial charge in [-0.3, -0.25) is 4.68 Å². The SMILES string of the molecule is CCNS(=O)(=O)c1ccccc1Nc1cnn(C(C)C)c1. The third kappa shape index (κ3) is 3.62. The first kappa shape index (κ1) is 15.5. The normalized spacial score (nSPS) is 11.8. The zero-order valence-electron chi connectivity index (χ0n) is 12.4. The molecule has 114 valence electrons. The highest BCUT2D eigenvalue weighted by Gasteiger charge is 2.17. The molecule has 21 heavy (non-hydrogen) atoms. The largest absolute Gasteiger partial charge is 0.352 e. The van der Waals surface area contributed by atoms with E-state index in [4.69, 9.17) is 0 Å². The van der Waals surface area contributed by atoms with Crippen molar-refractivity contribution in [3.05, 3.63) is 36.7 Å². The molecule has 1 aromatic carbocycles. The highest BCUT2D eigenvalue weighted by atomic mass is 32.2. The zero-order chi connectivity index (χ0) is 15.5. The number of rotatable bonds is 6. The van der Waals surface area contributed by atoms with Crippen LogP contribution in [0.15, 0.2) is 41.6 Å². The Morgan fingerprint density at radius 2 is 2.00 bits per heavy atom. The minimum atomic E-state index is -3.51. The van der Waals surface area contributed by atoms with E-state index in [1.54, 1.807) is 37.4 Å². The summed E-state index contributed by atoms with van der Waals surface area (Å²) in [6.07, 6.45) is 3.53. The summed E-state index contributed by atoms with van der Waals surface area (Å²) in [5.41, 5.74) is 1.28. The van der Waals surface area contributed by atoms with E-state index in [2.05, 4.69) is 15.1 Å². The Hall–Kier alpha value is -1.86. The third-order valence-corrected chi connectivity index (χ3v) is 4.52. The first-order valence-electron chi connectivity index (χ1n) is 6.84. The Labute approximate surface area is 125 Å². The quantitative estimate of drug-likeness (QED) is 0.859. The number of para-hydroxylation sites is 1. The predicted octanol–water partition coefficient (Wildman–Crippen LogP) is 2.51. The molecule has 1 heterocycles. The maximum atomic E-state index is 12.2. The number of anilines is 2. The van der Waals surface area contributed by atoms with Gasteiger partial charge in [-0.05, 0) is 26.0 Å². The van der Waals surface area contributed by atoms with Gasteiger partial charge in [0, 0.05) is 18.8 Å². The molecule has 0 saturated heterocycles. The second-order valence-corrected chi connectivity index (χ2v) is 6.66. The number of benzene rings is 1. The topological polar surface area (TPSA) is 76.0 Å². The lowest BCUT2D eigenvalue weighted by Gasteiger charge is -2.11. The summed E-state index contributed by atoms with van der Waals surface area (Å²) >= 11 is 0. The molecule has 2 aromatic rings. The van der Waals surface area contributed by atoms with Gasteiger partial charge in [0.2, 0.25) is 10.0 Å². The van der Waals surface area contributed by atoms with Crippen LogP contribution in [-0.4, -0.2) is 24.7 Å². The van der Waals surface area contributed by atoms with Gasteiger partial charge in [0.15, 0.2) is 0 Å². The summed E-state index contributed by atoms with van der Waals surface area (Å²) in [6, 6.07) is 7.05. The average molecular weight is 308 g/mol. The summed E-state index contributed by atoms with van der Waals surface area (Å²) in [6.45, 7) is 6.16. The molecule has 0 bridgehead atoms. The van der Waals surface area contributed by atoms with Crippen molar-refractivity contribution >= 4 is 21.4 Å². The predicted molar refractivity (Wildman–Crippen MR) is 83.2 cm³/mol. The van der Waals surface area contributed by atoms with Crippen LogP contribution < -0.4 is 10.0 Å². The van der Waals surface area contributed by atoms with Crippen molar-refractivity contribution in [2.24, 2.45) is 0 Å². The van der Waals surface area contributed by atoms with Crippen LogP contribution in [-0.2, 0) is 10.0 Å². The molecular formula is C14H20N4O2S. The zero-order valence-corrected chi connectivity index (χ0v) is 13.2. The highest BCUT2D eigenvalue weighted by Crippen LogP contribution is 2.24. The van der Waals surface area contributed by atoms with E-state index < -0.39 is 10.0 Å². The Balaban J connectivity index is 2.32. The average Bonchev–Trinajstić information content (AvgIpc) is 2.88.